The van der Waals surface area contributed by atoms with E-state index in [1.165, 1.54) is 11.1 Å². The van der Waals surface area contributed by atoms with Crippen LogP contribution in [-0.2, 0) is 13.0 Å². The summed E-state index contributed by atoms with van der Waals surface area (Å²) in [6, 6.07) is 24.1. The second kappa shape index (κ2) is 9.23. The van der Waals surface area contributed by atoms with Gasteiger partial charge >= 0.3 is 0 Å². The zero-order chi connectivity index (χ0) is 19.9. The van der Waals surface area contributed by atoms with E-state index >= 15 is 0 Å². The van der Waals surface area contributed by atoms with Crippen LogP contribution in [0.15, 0.2) is 72.8 Å². The topological polar surface area (TPSA) is 41.1 Å². The molecule has 0 atom stereocenters. The molecule has 3 nitrogen and oxygen atoms in total. The molecule has 3 rings (SSSR count). The highest BCUT2D eigenvalue weighted by molar-refractivity contribution is 6.04. The number of carbonyl (C=O) groups is 1. The van der Waals surface area contributed by atoms with Crippen molar-refractivity contribution in [3.8, 4) is 0 Å². The Hall–Kier alpha value is -3.07. The van der Waals surface area contributed by atoms with Gasteiger partial charge in [0.05, 0.1) is 0 Å². The first-order valence-corrected chi connectivity index (χ1v) is 9.89. The van der Waals surface area contributed by atoms with E-state index in [0.29, 0.717) is 18.0 Å². The molecule has 0 aromatic heterocycles. The summed E-state index contributed by atoms with van der Waals surface area (Å²) in [7, 11) is 0. The standard InChI is InChI=1S/C25H28N2O/c1-4-20-9-5-6-11-24(20)26-17-19-8-7-10-22(16-19)25(28)27-23-14-12-21(13-15-23)18(2)3/h5-16,18,26H,4,17H2,1-3H3,(H,27,28). The first-order valence-electron chi connectivity index (χ1n) is 9.89. The van der Waals surface area contributed by atoms with Crippen LogP contribution >= 0.6 is 0 Å². The number of amides is 1. The van der Waals surface area contributed by atoms with Crippen LogP contribution in [0.4, 0.5) is 11.4 Å². The lowest BCUT2D eigenvalue weighted by Gasteiger charge is -2.12. The molecule has 0 aliphatic carbocycles. The largest absolute Gasteiger partial charge is 0.381 e. The molecular weight excluding hydrogens is 344 g/mol. The van der Waals surface area contributed by atoms with Crippen LogP contribution in [0.25, 0.3) is 0 Å². The zero-order valence-corrected chi connectivity index (χ0v) is 16.8. The first-order chi connectivity index (χ1) is 13.6. The van der Waals surface area contributed by atoms with Gasteiger partial charge in [-0.15, -0.1) is 0 Å². The maximum Gasteiger partial charge on any atom is 0.255 e. The van der Waals surface area contributed by atoms with E-state index in [-0.39, 0.29) is 5.91 Å². The fourth-order valence-electron chi connectivity index (χ4n) is 3.18. The molecule has 3 heteroatoms. The lowest BCUT2D eigenvalue weighted by Crippen LogP contribution is -2.12. The van der Waals surface area contributed by atoms with E-state index < -0.39 is 0 Å². The molecule has 0 saturated carbocycles. The van der Waals surface area contributed by atoms with Gasteiger partial charge in [-0.2, -0.15) is 0 Å². The molecule has 2 N–H and O–H groups in total. The van der Waals surface area contributed by atoms with E-state index in [0.717, 1.165) is 23.4 Å². The number of rotatable bonds is 7. The fourth-order valence-corrected chi connectivity index (χ4v) is 3.18. The third kappa shape index (κ3) is 5.01. The minimum atomic E-state index is -0.0897. The maximum atomic E-state index is 12.6. The third-order valence-corrected chi connectivity index (χ3v) is 4.91. The smallest absolute Gasteiger partial charge is 0.255 e. The lowest BCUT2D eigenvalue weighted by molar-refractivity contribution is 0.102. The Bertz CT molecular complexity index is 929. The van der Waals surface area contributed by atoms with Crippen molar-refractivity contribution in [3.05, 3.63) is 95.1 Å². The van der Waals surface area contributed by atoms with E-state index in [4.69, 9.17) is 0 Å². The normalized spacial score (nSPS) is 10.7. The molecule has 0 radical (unpaired) electrons. The van der Waals surface area contributed by atoms with Crippen molar-refractivity contribution in [1.82, 2.24) is 0 Å². The van der Waals surface area contributed by atoms with Crippen molar-refractivity contribution in [2.24, 2.45) is 0 Å². The van der Waals surface area contributed by atoms with Gasteiger partial charge in [0, 0.05) is 23.5 Å². The summed E-state index contributed by atoms with van der Waals surface area (Å²) in [6.45, 7) is 7.15. The van der Waals surface area contributed by atoms with Gasteiger partial charge in [0.2, 0.25) is 0 Å². The van der Waals surface area contributed by atoms with Gasteiger partial charge in [-0.1, -0.05) is 63.2 Å². The molecule has 0 aliphatic heterocycles. The Morgan fingerprint density at radius 3 is 2.39 bits per heavy atom. The Morgan fingerprint density at radius 2 is 1.68 bits per heavy atom. The average Bonchev–Trinajstić information content (AvgIpc) is 2.73. The van der Waals surface area contributed by atoms with Crippen LogP contribution in [0, 0.1) is 0 Å². The first kappa shape index (κ1) is 19.7. The summed E-state index contributed by atoms with van der Waals surface area (Å²) in [5, 5.41) is 6.47. The van der Waals surface area contributed by atoms with Crippen molar-refractivity contribution in [1.29, 1.82) is 0 Å². The molecule has 1 amide bonds. The van der Waals surface area contributed by atoms with Gasteiger partial charge < -0.3 is 10.6 Å². The summed E-state index contributed by atoms with van der Waals surface area (Å²) in [5.74, 6) is 0.389. The number of carbonyl (C=O) groups excluding carboxylic acids is 1. The molecule has 0 heterocycles. The monoisotopic (exact) mass is 372 g/mol. The number of hydrogen-bond donors (Lipinski definition) is 2. The summed E-state index contributed by atoms with van der Waals surface area (Å²) >= 11 is 0. The van der Waals surface area contributed by atoms with Gasteiger partial charge in [0.1, 0.15) is 0 Å². The minimum absolute atomic E-state index is 0.0897. The van der Waals surface area contributed by atoms with Crippen molar-refractivity contribution in [3.63, 3.8) is 0 Å². The minimum Gasteiger partial charge on any atom is -0.381 e. The zero-order valence-electron chi connectivity index (χ0n) is 16.8. The SMILES string of the molecule is CCc1ccccc1NCc1cccc(C(=O)Nc2ccc(C(C)C)cc2)c1. The van der Waals surface area contributed by atoms with E-state index in [1.807, 2.05) is 42.5 Å². The van der Waals surface area contributed by atoms with Crippen LogP contribution in [0.3, 0.4) is 0 Å². The van der Waals surface area contributed by atoms with Crippen LogP contribution in [-0.4, -0.2) is 5.91 Å². The van der Waals surface area contributed by atoms with Crippen molar-refractivity contribution >= 4 is 17.3 Å². The second-order valence-corrected chi connectivity index (χ2v) is 7.30. The number of nitrogens with one attached hydrogen (secondary N) is 2. The highest BCUT2D eigenvalue weighted by Crippen LogP contribution is 2.19. The fraction of sp³-hybridized carbons (Fsp3) is 0.240. The van der Waals surface area contributed by atoms with E-state index in [9.17, 15) is 4.79 Å². The maximum absolute atomic E-state index is 12.6. The molecule has 0 unspecified atom stereocenters. The van der Waals surface area contributed by atoms with Crippen molar-refractivity contribution < 1.29 is 4.79 Å². The number of para-hydroxylation sites is 1. The third-order valence-electron chi connectivity index (χ3n) is 4.91. The van der Waals surface area contributed by atoms with Crippen LogP contribution in [0.5, 0.6) is 0 Å². The molecule has 3 aromatic carbocycles. The predicted molar refractivity (Wildman–Crippen MR) is 118 cm³/mol. The number of aryl methyl sites for hydroxylation is 1. The molecule has 0 bridgehead atoms. The molecule has 144 valence electrons. The van der Waals surface area contributed by atoms with Gasteiger partial charge in [-0.25, -0.2) is 0 Å². The van der Waals surface area contributed by atoms with Gasteiger partial charge in [0.15, 0.2) is 0 Å². The van der Waals surface area contributed by atoms with Crippen molar-refractivity contribution in [2.45, 2.75) is 39.7 Å². The number of anilines is 2. The summed E-state index contributed by atoms with van der Waals surface area (Å²) in [4.78, 5) is 12.6. The van der Waals surface area contributed by atoms with E-state index in [1.54, 1.807) is 0 Å². The average molecular weight is 373 g/mol. The quantitative estimate of drug-likeness (QED) is 0.515. The molecule has 3 aromatic rings. The molecule has 0 saturated heterocycles. The highest BCUT2D eigenvalue weighted by atomic mass is 16.1. The summed E-state index contributed by atoms with van der Waals surface area (Å²) < 4.78 is 0. The molecule has 0 spiro atoms. The predicted octanol–water partition coefficient (Wildman–Crippen LogP) is 6.24. The summed E-state index contributed by atoms with van der Waals surface area (Å²) in [6.07, 6.45) is 0.987. The summed E-state index contributed by atoms with van der Waals surface area (Å²) in [5.41, 5.74) is 6.25. The van der Waals surface area contributed by atoms with Gasteiger partial charge in [-0.3, -0.25) is 4.79 Å². The van der Waals surface area contributed by atoms with Crippen LogP contribution in [0.2, 0.25) is 0 Å². The second-order valence-electron chi connectivity index (χ2n) is 7.30. The molecule has 28 heavy (non-hydrogen) atoms. The Kier molecular flexibility index (Phi) is 6.49. The Labute approximate surface area is 167 Å². The van der Waals surface area contributed by atoms with Gasteiger partial charge in [-0.05, 0) is 59.4 Å². The molecule has 0 fully saturated rings. The lowest BCUT2D eigenvalue weighted by atomic mass is 10.0. The van der Waals surface area contributed by atoms with E-state index in [2.05, 4.69) is 61.7 Å². The van der Waals surface area contributed by atoms with Gasteiger partial charge in [0.25, 0.3) is 5.91 Å². The number of hydrogen-bond acceptors (Lipinski definition) is 2. The molecular formula is C25H28N2O. The van der Waals surface area contributed by atoms with Crippen LogP contribution < -0.4 is 10.6 Å². The molecule has 0 aliphatic rings. The highest BCUT2D eigenvalue weighted by Gasteiger charge is 2.08. The Morgan fingerprint density at radius 1 is 0.929 bits per heavy atom. The Balaban J connectivity index is 1.66. The van der Waals surface area contributed by atoms with Crippen molar-refractivity contribution in [2.75, 3.05) is 10.6 Å². The number of benzene rings is 3. The van der Waals surface area contributed by atoms with Crippen LogP contribution in [0.1, 0.15) is 53.7 Å².